The number of nitrogens with zero attached hydrogens (tertiary/aromatic N) is 2. The van der Waals surface area contributed by atoms with Crippen molar-refractivity contribution in [2.75, 3.05) is 23.8 Å². The Morgan fingerprint density at radius 2 is 2.11 bits per heavy atom. The SMILES string of the molecule is C=C1/C=C\C=C(/C)Nc2ncc(F)c(n2)NC2CCCC(C2)OC/C=C/CO1. The van der Waals surface area contributed by atoms with Crippen molar-refractivity contribution in [2.24, 2.45) is 0 Å². The van der Waals surface area contributed by atoms with Gasteiger partial charge in [-0.05, 0) is 50.8 Å². The van der Waals surface area contributed by atoms with Gasteiger partial charge in [0.15, 0.2) is 11.6 Å². The van der Waals surface area contributed by atoms with E-state index in [1.807, 2.05) is 31.2 Å². The summed E-state index contributed by atoms with van der Waals surface area (Å²) in [5.74, 6) is 0.655. The first-order chi connectivity index (χ1) is 13.6. The lowest BCUT2D eigenvalue weighted by molar-refractivity contribution is 0.0428. The standard InChI is InChI=1S/C21H27FN4O2/c1-15-7-5-8-16(2)27-11-3-4-12-28-18-10-6-9-17(13-18)25-20-19(22)14-23-21(24-15)26-20/h3-5,7-8,14,17-18H,2,6,9-13H2,1H3,(H2,23,24,25,26)/b4-3+,8-5-,15-7+. The van der Waals surface area contributed by atoms with E-state index in [1.54, 1.807) is 6.08 Å². The van der Waals surface area contributed by atoms with Gasteiger partial charge in [-0.2, -0.15) is 4.98 Å². The van der Waals surface area contributed by atoms with E-state index in [1.165, 1.54) is 6.20 Å². The van der Waals surface area contributed by atoms with Gasteiger partial charge in [-0.25, -0.2) is 9.37 Å². The lowest BCUT2D eigenvalue weighted by Gasteiger charge is -2.30. The minimum Gasteiger partial charge on any atom is -0.490 e. The van der Waals surface area contributed by atoms with Gasteiger partial charge in [-0.3, -0.25) is 0 Å². The molecule has 2 N–H and O–H groups in total. The number of aromatic nitrogens is 2. The monoisotopic (exact) mass is 386 g/mol. The summed E-state index contributed by atoms with van der Waals surface area (Å²) in [5.41, 5.74) is 0.811. The summed E-state index contributed by atoms with van der Waals surface area (Å²) in [7, 11) is 0. The van der Waals surface area contributed by atoms with Crippen LogP contribution in [0.3, 0.4) is 0 Å². The number of ether oxygens (including phenoxy) is 2. The van der Waals surface area contributed by atoms with Gasteiger partial charge >= 0.3 is 0 Å². The molecule has 4 bridgehead atoms. The highest BCUT2D eigenvalue weighted by molar-refractivity contribution is 5.44. The van der Waals surface area contributed by atoms with Crippen molar-refractivity contribution in [1.82, 2.24) is 9.97 Å². The predicted molar refractivity (Wildman–Crippen MR) is 108 cm³/mol. The highest BCUT2D eigenvalue weighted by Crippen LogP contribution is 2.25. The molecule has 150 valence electrons. The van der Waals surface area contributed by atoms with Crippen molar-refractivity contribution in [3.8, 4) is 0 Å². The Morgan fingerprint density at radius 1 is 1.25 bits per heavy atom. The van der Waals surface area contributed by atoms with Crippen molar-refractivity contribution in [3.63, 3.8) is 0 Å². The first-order valence-corrected chi connectivity index (χ1v) is 9.59. The first kappa shape index (κ1) is 20.1. The largest absolute Gasteiger partial charge is 0.490 e. The van der Waals surface area contributed by atoms with Crippen LogP contribution in [0.15, 0.2) is 54.6 Å². The van der Waals surface area contributed by atoms with Crippen LogP contribution in [-0.2, 0) is 9.47 Å². The van der Waals surface area contributed by atoms with E-state index in [9.17, 15) is 4.39 Å². The molecule has 0 radical (unpaired) electrons. The number of rotatable bonds is 0. The molecule has 1 aliphatic heterocycles. The van der Waals surface area contributed by atoms with Gasteiger partial charge < -0.3 is 20.1 Å². The van der Waals surface area contributed by atoms with Gasteiger partial charge in [0.25, 0.3) is 0 Å². The minimum absolute atomic E-state index is 0.119. The summed E-state index contributed by atoms with van der Waals surface area (Å²) < 4.78 is 25.7. The maximum absolute atomic E-state index is 14.2. The van der Waals surface area contributed by atoms with E-state index < -0.39 is 5.82 Å². The van der Waals surface area contributed by atoms with Crippen LogP contribution in [-0.4, -0.2) is 35.3 Å². The van der Waals surface area contributed by atoms with E-state index in [2.05, 4.69) is 27.2 Å². The summed E-state index contributed by atoms with van der Waals surface area (Å²) in [6, 6.07) is 0.119. The summed E-state index contributed by atoms with van der Waals surface area (Å²) in [5, 5.41) is 6.29. The Bertz CT molecular complexity index is 776. The van der Waals surface area contributed by atoms with E-state index in [0.29, 0.717) is 24.9 Å². The Kier molecular flexibility index (Phi) is 7.19. The highest BCUT2D eigenvalue weighted by Gasteiger charge is 2.23. The second-order valence-corrected chi connectivity index (χ2v) is 6.94. The Hall–Kier alpha value is -2.67. The van der Waals surface area contributed by atoms with Crippen LogP contribution in [0.25, 0.3) is 0 Å². The predicted octanol–water partition coefficient (Wildman–Crippen LogP) is 4.33. The maximum atomic E-state index is 14.2. The molecule has 0 aromatic carbocycles. The number of fused-ring (bicyclic) bond motifs is 4. The first-order valence-electron chi connectivity index (χ1n) is 9.59. The lowest BCUT2D eigenvalue weighted by atomic mass is 9.93. The van der Waals surface area contributed by atoms with Gasteiger partial charge in [-0.15, -0.1) is 0 Å². The quantitative estimate of drug-likeness (QED) is 0.647. The molecule has 1 fully saturated rings. The van der Waals surface area contributed by atoms with Crippen LogP contribution in [0.2, 0.25) is 0 Å². The molecular formula is C21H27FN4O2. The van der Waals surface area contributed by atoms with Gasteiger partial charge in [0.1, 0.15) is 12.4 Å². The molecule has 0 spiro atoms. The van der Waals surface area contributed by atoms with Crippen LogP contribution >= 0.6 is 0 Å². The van der Waals surface area contributed by atoms with Crippen LogP contribution < -0.4 is 10.6 Å². The summed E-state index contributed by atoms with van der Waals surface area (Å²) in [6.07, 6.45) is 14.4. The molecule has 1 aromatic heterocycles. The number of anilines is 2. The second-order valence-electron chi connectivity index (χ2n) is 6.94. The molecule has 1 aromatic rings. The fourth-order valence-corrected chi connectivity index (χ4v) is 3.20. The van der Waals surface area contributed by atoms with Gasteiger partial charge in [0, 0.05) is 11.7 Å². The van der Waals surface area contributed by atoms with Gasteiger partial charge in [0.2, 0.25) is 5.95 Å². The smallest absolute Gasteiger partial charge is 0.229 e. The van der Waals surface area contributed by atoms with Crippen molar-refractivity contribution in [3.05, 3.63) is 60.4 Å². The maximum Gasteiger partial charge on any atom is 0.229 e. The summed E-state index contributed by atoms with van der Waals surface area (Å²) in [6.45, 7) is 6.71. The van der Waals surface area contributed by atoms with Crippen molar-refractivity contribution in [2.45, 2.75) is 44.8 Å². The molecular weight excluding hydrogens is 359 g/mol. The Morgan fingerprint density at radius 3 is 3.00 bits per heavy atom. The zero-order valence-electron chi connectivity index (χ0n) is 16.2. The highest BCUT2D eigenvalue weighted by atomic mass is 19.1. The van der Waals surface area contributed by atoms with E-state index >= 15 is 0 Å². The van der Waals surface area contributed by atoms with Gasteiger partial charge in [-0.1, -0.05) is 18.7 Å². The number of nitrogens with one attached hydrogen (secondary N) is 2. The normalized spacial score (nSPS) is 28.1. The lowest BCUT2D eigenvalue weighted by Crippen LogP contribution is -2.32. The summed E-state index contributed by atoms with van der Waals surface area (Å²) >= 11 is 0. The van der Waals surface area contributed by atoms with E-state index in [0.717, 1.165) is 31.4 Å². The van der Waals surface area contributed by atoms with E-state index in [4.69, 9.17) is 9.47 Å². The molecule has 0 saturated heterocycles. The average Bonchev–Trinajstić information content (AvgIpc) is 2.67. The molecule has 28 heavy (non-hydrogen) atoms. The molecule has 1 saturated carbocycles. The molecule has 2 aliphatic rings. The van der Waals surface area contributed by atoms with Crippen LogP contribution in [0.1, 0.15) is 32.6 Å². The fourth-order valence-electron chi connectivity index (χ4n) is 3.20. The molecule has 3 rings (SSSR count). The number of hydrogen-bond donors (Lipinski definition) is 2. The minimum atomic E-state index is -0.461. The van der Waals surface area contributed by atoms with Crippen molar-refractivity contribution >= 4 is 11.8 Å². The zero-order valence-corrected chi connectivity index (χ0v) is 16.2. The fraction of sp³-hybridized carbons (Fsp3) is 0.429. The van der Waals surface area contributed by atoms with Crippen molar-refractivity contribution < 1.29 is 13.9 Å². The van der Waals surface area contributed by atoms with Crippen LogP contribution in [0, 0.1) is 5.82 Å². The van der Waals surface area contributed by atoms with E-state index in [-0.39, 0.29) is 18.0 Å². The molecule has 1 aliphatic carbocycles. The molecule has 2 unspecified atom stereocenters. The third-order valence-corrected chi connectivity index (χ3v) is 4.61. The zero-order chi connectivity index (χ0) is 19.8. The molecule has 0 amide bonds. The number of hydrogen-bond acceptors (Lipinski definition) is 6. The van der Waals surface area contributed by atoms with Crippen molar-refractivity contribution in [1.29, 1.82) is 0 Å². The topological polar surface area (TPSA) is 68.3 Å². The number of allylic oxidation sites excluding steroid dienone is 4. The second kappa shape index (κ2) is 10.0. The van der Waals surface area contributed by atoms with Crippen LogP contribution in [0.4, 0.5) is 16.2 Å². The average molecular weight is 386 g/mol. The molecule has 2 heterocycles. The van der Waals surface area contributed by atoms with Gasteiger partial charge in [0.05, 0.1) is 18.9 Å². The number of halogens is 1. The summed E-state index contributed by atoms with van der Waals surface area (Å²) in [4.78, 5) is 8.32. The Balaban J connectivity index is 1.78. The van der Waals surface area contributed by atoms with Crippen LogP contribution in [0.5, 0.6) is 0 Å². The molecule has 7 heteroatoms. The Labute approximate surface area is 165 Å². The third-order valence-electron chi connectivity index (χ3n) is 4.61. The molecule has 6 nitrogen and oxygen atoms in total. The third kappa shape index (κ3) is 6.20. The molecule has 2 atom stereocenters.